The second-order valence-corrected chi connectivity index (χ2v) is 6.11. The highest BCUT2D eigenvalue weighted by atomic mass is 79.9. The average molecular weight is 405 g/mol. The second-order valence-electron chi connectivity index (χ2n) is 5.36. The Balaban J connectivity index is 2.00. The number of rotatable bonds is 4. The van der Waals surface area contributed by atoms with Crippen LogP contribution >= 0.6 is 15.9 Å². The second kappa shape index (κ2) is 7.14. The molecule has 25 heavy (non-hydrogen) atoms. The third-order valence-electron chi connectivity index (χ3n) is 3.62. The Bertz CT molecular complexity index is 945. The van der Waals surface area contributed by atoms with Gasteiger partial charge in [-0.05, 0) is 58.6 Å². The summed E-state index contributed by atoms with van der Waals surface area (Å²) >= 11 is 3.31. The van der Waals surface area contributed by atoms with Crippen LogP contribution in [-0.2, 0) is 11.2 Å². The van der Waals surface area contributed by atoms with E-state index in [0.29, 0.717) is 16.4 Å². The van der Waals surface area contributed by atoms with Gasteiger partial charge in [0.05, 0.1) is 6.61 Å². The van der Waals surface area contributed by atoms with Crippen molar-refractivity contribution >= 4 is 32.8 Å². The van der Waals surface area contributed by atoms with E-state index in [2.05, 4.69) is 25.9 Å². The molecule has 0 saturated carbocycles. The molecule has 0 bridgehead atoms. The Morgan fingerprint density at radius 2 is 2.00 bits per heavy atom. The Morgan fingerprint density at radius 1 is 1.28 bits per heavy atom. The van der Waals surface area contributed by atoms with Gasteiger partial charge in [-0.2, -0.15) is 0 Å². The molecule has 1 N–H and O–H groups in total. The number of nitrogens with zero attached hydrogens (tertiary/aromatic N) is 2. The van der Waals surface area contributed by atoms with E-state index in [-0.39, 0.29) is 29.4 Å². The van der Waals surface area contributed by atoms with Crippen molar-refractivity contribution in [2.24, 2.45) is 0 Å². The molecule has 0 saturated heterocycles. The SMILES string of the molecule is CCOC(=O)c1nc(Br)c2cc(Cc3ccc(F)cc3)cnc2c1O. The van der Waals surface area contributed by atoms with Crippen LogP contribution in [0.5, 0.6) is 5.75 Å². The minimum absolute atomic E-state index is 0.180. The molecule has 0 unspecified atom stereocenters. The lowest BCUT2D eigenvalue weighted by Gasteiger charge is -2.09. The van der Waals surface area contributed by atoms with Gasteiger partial charge in [-0.15, -0.1) is 0 Å². The van der Waals surface area contributed by atoms with Crippen LogP contribution in [-0.4, -0.2) is 27.7 Å². The molecule has 0 atom stereocenters. The summed E-state index contributed by atoms with van der Waals surface area (Å²) in [5, 5.41) is 10.9. The Morgan fingerprint density at radius 3 is 2.68 bits per heavy atom. The number of ether oxygens (including phenoxy) is 1. The summed E-state index contributed by atoms with van der Waals surface area (Å²) in [5.41, 5.74) is 1.87. The Kier molecular flexibility index (Phi) is 4.94. The summed E-state index contributed by atoms with van der Waals surface area (Å²) in [7, 11) is 0. The Hall–Kier alpha value is -2.54. The lowest BCUT2D eigenvalue weighted by atomic mass is 10.0. The van der Waals surface area contributed by atoms with Crippen molar-refractivity contribution in [3.05, 3.63) is 63.8 Å². The molecule has 5 nitrogen and oxygen atoms in total. The number of hydrogen-bond acceptors (Lipinski definition) is 5. The lowest BCUT2D eigenvalue weighted by Crippen LogP contribution is -2.08. The fraction of sp³-hybridized carbons (Fsp3) is 0.167. The summed E-state index contributed by atoms with van der Waals surface area (Å²) < 4.78 is 18.3. The molecule has 2 aromatic heterocycles. The molecule has 128 valence electrons. The zero-order chi connectivity index (χ0) is 18.0. The van der Waals surface area contributed by atoms with Crippen molar-refractivity contribution < 1.29 is 19.0 Å². The van der Waals surface area contributed by atoms with Crippen LogP contribution in [0, 0.1) is 5.82 Å². The highest BCUT2D eigenvalue weighted by Crippen LogP contribution is 2.32. The van der Waals surface area contributed by atoms with Gasteiger partial charge < -0.3 is 9.84 Å². The van der Waals surface area contributed by atoms with Gasteiger partial charge in [0.25, 0.3) is 0 Å². The molecule has 0 spiro atoms. The lowest BCUT2D eigenvalue weighted by molar-refractivity contribution is 0.0516. The number of fused-ring (bicyclic) bond motifs is 1. The zero-order valence-corrected chi connectivity index (χ0v) is 14.9. The summed E-state index contributed by atoms with van der Waals surface area (Å²) in [6.45, 7) is 1.85. The number of esters is 1. The van der Waals surface area contributed by atoms with E-state index in [9.17, 15) is 14.3 Å². The molecule has 2 heterocycles. The third-order valence-corrected chi connectivity index (χ3v) is 4.22. The molecule has 3 rings (SSSR count). The van der Waals surface area contributed by atoms with E-state index >= 15 is 0 Å². The smallest absolute Gasteiger partial charge is 0.360 e. The number of benzene rings is 1. The number of aromatic hydroxyl groups is 1. The van der Waals surface area contributed by atoms with Crippen LogP contribution in [0.3, 0.4) is 0 Å². The molecule has 0 radical (unpaired) electrons. The van der Waals surface area contributed by atoms with E-state index in [1.165, 1.54) is 12.1 Å². The van der Waals surface area contributed by atoms with Crippen molar-refractivity contribution in [3.63, 3.8) is 0 Å². The van der Waals surface area contributed by atoms with E-state index < -0.39 is 5.97 Å². The molecular formula is C18H14BrFN2O3. The predicted molar refractivity (Wildman–Crippen MR) is 94.1 cm³/mol. The van der Waals surface area contributed by atoms with E-state index in [4.69, 9.17) is 4.74 Å². The standard InChI is InChI=1S/C18H14BrFN2O3/c1-2-25-18(24)15-16(23)14-13(17(19)22-15)8-11(9-21-14)7-10-3-5-12(20)6-4-10/h3-6,8-9,23H,2,7H2,1H3. The summed E-state index contributed by atoms with van der Waals surface area (Å²) in [5.74, 6) is -1.31. The Labute approximate surface area is 151 Å². The number of aromatic nitrogens is 2. The molecule has 7 heteroatoms. The van der Waals surface area contributed by atoms with Crippen molar-refractivity contribution in [1.82, 2.24) is 9.97 Å². The summed E-state index contributed by atoms with van der Waals surface area (Å²) in [6, 6.07) is 8.02. The van der Waals surface area contributed by atoms with Crippen LogP contribution in [0.25, 0.3) is 10.9 Å². The zero-order valence-electron chi connectivity index (χ0n) is 13.3. The average Bonchev–Trinajstić information content (AvgIpc) is 2.60. The molecule has 0 amide bonds. The number of pyridine rings is 2. The van der Waals surface area contributed by atoms with Gasteiger partial charge in [0, 0.05) is 11.6 Å². The first kappa shape index (κ1) is 17.3. The quantitative estimate of drug-likeness (QED) is 0.525. The van der Waals surface area contributed by atoms with E-state index in [0.717, 1.165) is 11.1 Å². The maximum absolute atomic E-state index is 13.0. The summed E-state index contributed by atoms with van der Waals surface area (Å²) in [4.78, 5) is 20.2. The highest BCUT2D eigenvalue weighted by molar-refractivity contribution is 9.10. The first-order valence-electron chi connectivity index (χ1n) is 7.58. The normalized spacial score (nSPS) is 10.8. The van der Waals surface area contributed by atoms with Crippen LogP contribution < -0.4 is 0 Å². The molecular weight excluding hydrogens is 391 g/mol. The van der Waals surface area contributed by atoms with Gasteiger partial charge in [0.1, 0.15) is 15.9 Å². The highest BCUT2D eigenvalue weighted by Gasteiger charge is 2.20. The topological polar surface area (TPSA) is 72.3 Å². The first-order chi connectivity index (χ1) is 12.0. The van der Waals surface area contributed by atoms with Gasteiger partial charge in [0.2, 0.25) is 0 Å². The van der Waals surface area contributed by atoms with Gasteiger partial charge in [-0.25, -0.2) is 14.2 Å². The molecule has 3 aromatic rings. The van der Waals surface area contributed by atoms with Crippen molar-refractivity contribution in [2.45, 2.75) is 13.3 Å². The van der Waals surface area contributed by atoms with E-state index in [1.54, 1.807) is 25.3 Å². The molecule has 0 aliphatic carbocycles. The maximum atomic E-state index is 13.0. The van der Waals surface area contributed by atoms with Crippen LogP contribution in [0.15, 0.2) is 41.1 Å². The largest absolute Gasteiger partial charge is 0.504 e. The van der Waals surface area contributed by atoms with Crippen LogP contribution in [0.4, 0.5) is 4.39 Å². The van der Waals surface area contributed by atoms with Gasteiger partial charge >= 0.3 is 5.97 Å². The fourth-order valence-corrected chi connectivity index (χ4v) is 2.93. The van der Waals surface area contributed by atoms with Gasteiger partial charge in [-0.3, -0.25) is 4.98 Å². The van der Waals surface area contributed by atoms with Crippen molar-refractivity contribution in [2.75, 3.05) is 6.61 Å². The predicted octanol–water partition coefficient (Wildman–Crippen LogP) is 4.00. The van der Waals surface area contributed by atoms with E-state index in [1.807, 2.05) is 6.07 Å². The number of carbonyl (C=O) groups is 1. The fourth-order valence-electron chi connectivity index (χ4n) is 2.45. The minimum atomic E-state index is -0.709. The van der Waals surface area contributed by atoms with Crippen molar-refractivity contribution in [1.29, 1.82) is 0 Å². The van der Waals surface area contributed by atoms with Crippen LogP contribution in [0.1, 0.15) is 28.5 Å². The number of hydrogen-bond donors (Lipinski definition) is 1. The first-order valence-corrected chi connectivity index (χ1v) is 8.37. The van der Waals surface area contributed by atoms with Crippen molar-refractivity contribution in [3.8, 4) is 5.75 Å². The molecule has 0 fully saturated rings. The van der Waals surface area contributed by atoms with Gasteiger partial charge in [0.15, 0.2) is 11.4 Å². The third kappa shape index (κ3) is 3.61. The van der Waals surface area contributed by atoms with Crippen LogP contribution in [0.2, 0.25) is 0 Å². The number of halogens is 2. The minimum Gasteiger partial charge on any atom is -0.504 e. The number of carbonyl (C=O) groups excluding carboxylic acids is 1. The molecule has 0 aliphatic rings. The monoisotopic (exact) mass is 404 g/mol. The molecule has 1 aromatic carbocycles. The van der Waals surface area contributed by atoms with Gasteiger partial charge in [-0.1, -0.05) is 12.1 Å². The summed E-state index contributed by atoms with van der Waals surface area (Å²) in [6.07, 6.45) is 2.16. The molecule has 0 aliphatic heterocycles. The maximum Gasteiger partial charge on any atom is 0.360 e.